The zero-order valence-corrected chi connectivity index (χ0v) is 12.9. The van der Waals surface area contributed by atoms with Gasteiger partial charge < -0.3 is 14.6 Å². The van der Waals surface area contributed by atoms with E-state index in [1.54, 1.807) is 0 Å². The second-order valence-electron chi connectivity index (χ2n) is 5.90. The molecular weight excluding hydrogens is 294 g/mol. The fraction of sp³-hybridized carbons (Fsp3) is 0.389. The van der Waals surface area contributed by atoms with Crippen molar-refractivity contribution in [2.24, 2.45) is 0 Å². The molecule has 0 bridgehead atoms. The van der Waals surface area contributed by atoms with Crippen molar-refractivity contribution in [3.8, 4) is 5.75 Å². The van der Waals surface area contributed by atoms with E-state index >= 15 is 0 Å². The van der Waals surface area contributed by atoms with E-state index in [1.807, 2.05) is 6.07 Å². The Kier molecular flexibility index (Phi) is 4.79. The first kappa shape index (κ1) is 15.8. The number of fused-ring (bicyclic) bond motifs is 1. The lowest BCUT2D eigenvalue weighted by Gasteiger charge is -2.35. The zero-order valence-electron chi connectivity index (χ0n) is 12.9. The Balaban J connectivity index is 1.87. The molecule has 5 heteroatoms. The number of benzene rings is 1. The SMILES string of the molecule is O=c1cc(CN(CCO)C2CCCc3ccccc32)occ1O. The molecule has 1 aromatic carbocycles. The van der Waals surface area contributed by atoms with E-state index in [-0.39, 0.29) is 18.4 Å². The van der Waals surface area contributed by atoms with Crippen LogP contribution in [0.25, 0.3) is 0 Å². The summed E-state index contributed by atoms with van der Waals surface area (Å²) in [6.07, 6.45) is 4.26. The summed E-state index contributed by atoms with van der Waals surface area (Å²) in [4.78, 5) is 13.7. The number of rotatable bonds is 5. The molecule has 1 atom stereocenters. The van der Waals surface area contributed by atoms with Gasteiger partial charge in [-0.05, 0) is 30.4 Å². The van der Waals surface area contributed by atoms with Gasteiger partial charge in [0.05, 0.1) is 13.2 Å². The Morgan fingerprint density at radius 3 is 2.91 bits per heavy atom. The minimum Gasteiger partial charge on any atom is -0.502 e. The second-order valence-corrected chi connectivity index (χ2v) is 5.90. The Hall–Kier alpha value is -2.11. The Bertz CT molecular complexity index is 725. The summed E-state index contributed by atoms with van der Waals surface area (Å²) in [6.45, 7) is 0.972. The molecule has 122 valence electrons. The molecule has 2 N–H and O–H groups in total. The first-order valence-corrected chi connectivity index (χ1v) is 7.92. The average molecular weight is 315 g/mol. The highest BCUT2D eigenvalue weighted by Gasteiger charge is 2.26. The molecule has 23 heavy (non-hydrogen) atoms. The number of nitrogens with zero attached hydrogens (tertiary/aromatic N) is 1. The molecule has 5 nitrogen and oxygen atoms in total. The fourth-order valence-electron chi connectivity index (χ4n) is 3.31. The minimum atomic E-state index is -0.445. The molecule has 1 aromatic heterocycles. The van der Waals surface area contributed by atoms with Crippen LogP contribution in [0.4, 0.5) is 0 Å². The van der Waals surface area contributed by atoms with Crippen LogP contribution in [-0.2, 0) is 13.0 Å². The van der Waals surface area contributed by atoms with E-state index in [0.29, 0.717) is 18.8 Å². The molecule has 3 rings (SSSR count). The molecule has 1 heterocycles. The first-order valence-electron chi connectivity index (χ1n) is 7.92. The van der Waals surface area contributed by atoms with Crippen molar-refractivity contribution >= 4 is 0 Å². The van der Waals surface area contributed by atoms with Crippen LogP contribution in [-0.4, -0.2) is 28.3 Å². The maximum atomic E-state index is 11.6. The molecule has 0 amide bonds. The van der Waals surface area contributed by atoms with Crippen LogP contribution >= 0.6 is 0 Å². The molecule has 1 unspecified atom stereocenters. The average Bonchev–Trinajstić information content (AvgIpc) is 2.57. The van der Waals surface area contributed by atoms with Crippen LogP contribution in [0.1, 0.15) is 35.8 Å². The van der Waals surface area contributed by atoms with Crippen molar-refractivity contribution in [1.82, 2.24) is 4.90 Å². The van der Waals surface area contributed by atoms with E-state index in [0.717, 1.165) is 25.5 Å². The van der Waals surface area contributed by atoms with Gasteiger partial charge in [-0.2, -0.15) is 0 Å². The van der Waals surface area contributed by atoms with Crippen molar-refractivity contribution in [2.45, 2.75) is 31.8 Å². The van der Waals surface area contributed by atoms with Gasteiger partial charge in [-0.3, -0.25) is 9.69 Å². The van der Waals surface area contributed by atoms with Crippen LogP contribution in [0.2, 0.25) is 0 Å². The van der Waals surface area contributed by atoms with Crippen LogP contribution < -0.4 is 5.43 Å². The van der Waals surface area contributed by atoms with Gasteiger partial charge in [0.15, 0.2) is 5.75 Å². The maximum Gasteiger partial charge on any atom is 0.226 e. The molecular formula is C18H21NO4. The highest BCUT2D eigenvalue weighted by Crippen LogP contribution is 2.34. The highest BCUT2D eigenvalue weighted by molar-refractivity contribution is 5.32. The van der Waals surface area contributed by atoms with Gasteiger partial charge in [-0.25, -0.2) is 0 Å². The summed E-state index contributed by atoms with van der Waals surface area (Å²) in [5, 5.41) is 18.7. The summed E-state index contributed by atoms with van der Waals surface area (Å²) >= 11 is 0. The lowest BCUT2D eigenvalue weighted by molar-refractivity contribution is 0.122. The molecule has 0 radical (unpaired) electrons. The third kappa shape index (κ3) is 3.46. The third-order valence-electron chi connectivity index (χ3n) is 4.39. The first-order chi connectivity index (χ1) is 11.2. The van der Waals surface area contributed by atoms with Gasteiger partial charge >= 0.3 is 0 Å². The predicted octanol–water partition coefficient (Wildman–Crippen LogP) is 2.22. The summed E-state index contributed by atoms with van der Waals surface area (Å²) in [5.41, 5.74) is 2.19. The molecule has 0 fully saturated rings. The topological polar surface area (TPSA) is 73.9 Å². The van der Waals surface area contributed by atoms with Crippen LogP contribution in [0, 0.1) is 0 Å². The molecule has 1 aliphatic rings. The number of aliphatic hydroxyl groups excluding tert-OH is 1. The highest BCUT2D eigenvalue weighted by atomic mass is 16.4. The second kappa shape index (κ2) is 6.98. The van der Waals surface area contributed by atoms with Gasteiger partial charge in [0, 0.05) is 18.7 Å². The van der Waals surface area contributed by atoms with Crippen LogP contribution in [0.5, 0.6) is 5.75 Å². The van der Waals surface area contributed by atoms with Crippen molar-refractivity contribution in [3.05, 3.63) is 63.7 Å². The summed E-state index contributed by atoms with van der Waals surface area (Å²) < 4.78 is 5.32. The van der Waals surface area contributed by atoms with Crippen molar-refractivity contribution < 1.29 is 14.6 Å². The summed E-state index contributed by atoms with van der Waals surface area (Å²) in [5.74, 6) is 0.106. The van der Waals surface area contributed by atoms with Crippen molar-refractivity contribution in [1.29, 1.82) is 0 Å². The van der Waals surface area contributed by atoms with E-state index in [4.69, 9.17) is 4.42 Å². The zero-order chi connectivity index (χ0) is 16.2. The molecule has 0 saturated carbocycles. The normalized spacial score (nSPS) is 17.2. The van der Waals surface area contributed by atoms with E-state index in [2.05, 4.69) is 23.1 Å². The Labute approximate surface area is 134 Å². The lowest BCUT2D eigenvalue weighted by Crippen LogP contribution is -2.33. The van der Waals surface area contributed by atoms with E-state index in [1.165, 1.54) is 17.2 Å². The van der Waals surface area contributed by atoms with Gasteiger partial charge in [0.2, 0.25) is 5.43 Å². The van der Waals surface area contributed by atoms with Gasteiger partial charge in [0.25, 0.3) is 0 Å². The van der Waals surface area contributed by atoms with Crippen LogP contribution in [0.3, 0.4) is 0 Å². The van der Waals surface area contributed by atoms with E-state index in [9.17, 15) is 15.0 Å². The summed E-state index contributed by atoms with van der Waals surface area (Å²) in [6, 6.07) is 9.89. The van der Waals surface area contributed by atoms with Gasteiger partial charge in [-0.1, -0.05) is 24.3 Å². The molecule has 1 aliphatic carbocycles. The molecule has 0 spiro atoms. The lowest BCUT2D eigenvalue weighted by atomic mass is 9.86. The third-order valence-corrected chi connectivity index (χ3v) is 4.39. The number of aromatic hydroxyl groups is 1. The smallest absolute Gasteiger partial charge is 0.226 e. The molecule has 0 aliphatic heterocycles. The molecule has 0 saturated heterocycles. The van der Waals surface area contributed by atoms with Gasteiger partial charge in [-0.15, -0.1) is 0 Å². The Morgan fingerprint density at radius 1 is 1.30 bits per heavy atom. The number of aryl methyl sites for hydroxylation is 1. The number of hydrogen-bond acceptors (Lipinski definition) is 5. The minimum absolute atomic E-state index is 0.0426. The quantitative estimate of drug-likeness (QED) is 0.885. The number of hydrogen-bond donors (Lipinski definition) is 2. The largest absolute Gasteiger partial charge is 0.502 e. The van der Waals surface area contributed by atoms with Crippen molar-refractivity contribution in [3.63, 3.8) is 0 Å². The summed E-state index contributed by atoms with van der Waals surface area (Å²) in [7, 11) is 0. The Morgan fingerprint density at radius 2 is 2.13 bits per heavy atom. The van der Waals surface area contributed by atoms with Gasteiger partial charge in [0.1, 0.15) is 12.0 Å². The molecule has 2 aromatic rings. The maximum absolute atomic E-state index is 11.6. The van der Waals surface area contributed by atoms with E-state index < -0.39 is 5.43 Å². The predicted molar refractivity (Wildman–Crippen MR) is 86.3 cm³/mol. The fourth-order valence-corrected chi connectivity index (χ4v) is 3.31. The number of aliphatic hydroxyl groups is 1. The standard InChI is InChI=1S/C18H21NO4/c20-9-8-19(11-14-10-17(21)18(22)12-23-14)16-7-3-5-13-4-1-2-6-15(13)16/h1-2,4,6,10,12,16,20,22H,3,5,7-9,11H2. The monoisotopic (exact) mass is 315 g/mol. The van der Waals surface area contributed by atoms with Crippen LogP contribution in [0.15, 0.2) is 45.8 Å². The van der Waals surface area contributed by atoms with Crippen molar-refractivity contribution in [2.75, 3.05) is 13.2 Å².